The highest BCUT2D eigenvalue weighted by Crippen LogP contribution is 2.26. The van der Waals surface area contributed by atoms with Gasteiger partial charge < -0.3 is 5.73 Å². The maximum Gasteiger partial charge on any atom is 0.246 e. The van der Waals surface area contributed by atoms with E-state index in [0.29, 0.717) is 5.69 Å². The van der Waals surface area contributed by atoms with Crippen molar-refractivity contribution in [2.45, 2.75) is 31.7 Å². The topological polar surface area (TPSA) is 90.0 Å². The summed E-state index contributed by atoms with van der Waals surface area (Å²) in [5, 5.41) is 3.94. The number of thiophene rings is 1. The smallest absolute Gasteiger partial charge is 0.246 e. The number of aryl methyl sites for hydroxylation is 2. The Bertz CT molecular complexity index is 731. The minimum atomic E-state index is -3.69. The fourth-order valence-corrected chi connectivity index (χ4v) is 4.48. The molecule has 1 atom stereocenters. The zero-order chi connectivity index (χ0) is 15.1. The second kappa shape index (κ2) is 5.19. The van der Waals surface area contributed by atoms with Crippen LogP contribution in [0.1, 0.15) is 28.4 Å². The normalized spacial score (nSPS) is 13.6. The molecule has 2 heterocycles. The van der Waals surface area contributed by atoms with Gasteiger partial charge in [0.05, 0.1) is 11.7 Å². The van der Waals surface area contributed by atoms with E-state index in [-0.39, 0.29) is 16.8 Å². The van der Waals surface area contributed by atoms with E-state index in [1.807, 2.05) is 26.0 Å². The summed E-state index contributed by atoms with van der Waals surface area (Å²) in [6.07, 6.45) is 0. The molecule has 0 saturated heterocycles. The fraction of sp³-hybridized carbons (Fsp3) is 0.417. The van der Waals surface area contributed by atoms with Gasteiger partial charge in [0.1, 0.15) is 4.90 Å². The summed E-state index contributed by atoms with van der Waals surface area (Å²) in [4.78, 5) is 2.16. The van der Waals surface area contributed by atoms with E-state index in [1.165, 1.54) is 4.68 Å². The molecule has 0 spiro atoms. The summed E-state index contributed by atoms with van der Waals surface area (Å²) in [7, 11) is -2.03. The molecule has 2 aromatic rings. The number of hydrogen-bond donors (Lipinski definition) is 2. The van der Waals surface area contributed by atoms with E-state index in [4.69, 9.17) is 5.73 Å². The third kappa shape index (κ3) is 2.72. The molecule has 6 nitrogen and oxygen atoms in total. The van der Waals surface area contributed by atoms with Crippen molar-refractivity contribution in [1.82, 2.24) is 14.5 Å². The minimum Gasteiger partial charge on any atom is -0.381 e. The zero-order valence-electron chi connectivity index (χ0n) is 11.8. The molecule has 2 rings (SSSR count). The van der Waals surface area contributed by atoms with Crippen LogP contribution in [0.3, 0.4) is 0 Å². The van der Waals surface area contributed by atoms with Crippen LogP contribution in [0.15, 0.2) is 17.0 Å². The number of nitrogens with zero attached hydrogens (tertiary/aromatic N) is 2. The number of nitrogens with one attached hydrogen (secondary N) is 1. The Morgan fingerprint density at radius 1 is 1.40 bits per heavy atom. The van der Waals surface area contributed by atoms with Crippen LogP contribution in [0.4, 0.5) is 5.82 Å². The molecule has 20 heavy (non-hydrogen) atoms. The van der Waals surface area contributed by atoms with E-state index >= 15 is 0 Å². The van der Waals surface area contributed by atoms with Gasteiger partial charge in [-0.25, -0.2) is 13.1 Å². The molecule has 0 aliphatic carbocycles. The van der Waals surface area contributed by atoms with E-state index in [2.05, 4.69) is 9.82 Å². The van der Waals surface area contributed by atoms with Crippen molar-refractivity contribution in [2.24, 2.45) is 7.05 Å². The molecule has 0 amide bonds. The summed E-state index contributed by atoms with van der Waals surface area (Å²) >= 11 is 1.57. The summed E-state index contributed by atoms with van der Waals surface area (Å²) < 4.78 is 29.0. The standard InChI is InChI=1S/C12H18N4O2S2/c1-7-5-6-10(19-7)8(2)15-20(17,18)11-9(3)16(4)14-12(11)13/h5-6,8,15H,1-4H3,(H2,13,14). The fourth-order valence-electron chi connectivity index (χ4n) is 1.98. The molecule has 0 aliphatic heterocycles. The minimum absolute atomic E-state index is 0.0204. The van der Waals surface area contributed by atoms with Crippen molar-refractivity contribution in [1.29, 1.82) is 0 Å². The van der Waals surface area contributed by atoms with Gasteiger partial charge in [-0.05, 0) is 32.9 Å². The lowest BCUT2D eigenvalue weighted by Crippen LogP contribution is -2.27. The second-order valence-electron chi connectivity index (χ2n) is 4.71. The molecule has 8 heteroatoms. The summed E-state index contributed by atoms with van der Waals surface area (Å²) in [5.41, 5.74) is 6.22. The molecule has 3 N–H and O–H groups in total. The first-order valence-corrected chi connectivity index (χ1v) is 8.40. The Balaban J connectivity index is 2.32. The van der Waals surface area contributed by atoms with E-state index in [1.54, 1.807) is 25.3 Å². The van der Waals surface area contributed by atoms with Gasteiger partial charge in [-0.15, -0.1) is 11.3 Å². The molecule has 1 unspecified atom stereocenters. The molecule has 0 bridgehead atoms. The van der Waals surface area contributed by atoms with E-state index in [9.17, 15) is 8.42 Å². The second-order valence-corrected chi connectivity index (χ2v) is 7.69. The summed E-state index contributed by atoms with van der Waals surface area (Å²) in [5.74, 6) is 0.0204. The number of rotatable bonds is 4. The Kier molecular flexibility index (Phi) is 3.90. The molecular weight excluding hydrogens is 296 g/mol. The van der Waals surface area contributed by atoms with Crippen molar-refractivity contribution in [2.75, 3.05) is 5.73 Å². The predicted octanol–water partition coefficient (Wildman–Crippen LogP) is 1.72. The monoisotopic (exact) mass is 314 g/mol. The molecule has 2 aromatic heterocycles. The SMILES string of the molecule is Cc1ccc(C(C)NS(=O)(=O)c2c(N)nn(C)c2C)s1. The average molecular weight is 314 g/mol. The van der Waals surface area contributed by atoms with Crippen molar-refractivity contribution in [3.05, 3.63) is 27.6 Å². The zero-order valence-corrected chi connectivity index (χ0v) is 13.5. The lowest BCUT2D eigenvalue weighted by molar-refractivity contribution is 0.568. The number of aromatic nitrogens is 2. The van der Waals surface area contributed by atoms with Gasteiger partial charge in [0, 0.05) is 16.8 Å². The first kappa shape index (κ1) is 15.0. The van der Waals surface area contributed by atoms with Crippen molar-refractivity contribution in [3.8, 4) is 0 Å². The van der Waals surface area contributed by atoms with Crippen LogP contribution in [0, 0.1) is 13.8 Å². The molecule has 110 valence electrons. The van der Waals surface area contributed by atoms with Gasteiger partial charge in [0.15, 0.2) is 5.82 Å². The molecule has 0 fully saturated rings. The largest absolute Gasteiger partial charge is 0.381 e. The highest BCUT2D eigenvalue weighted by Gasteiger charge is 2.26. The Hall–Kier alpha value is -1.38. The quantitative estimate of drug-likeness (QED) is 0.899. The number of nitrogen functional groups attached to an aromatic ring is 1. The van der Waals surface area contributed by atoms with Gasteiger partial charge in [-0.2, -0.15) is 5.10 Å². The van der Waals surface area contributed by atoms with Gasteiger partial charge in [-0.1, -0.05) is 0 Å². The summed E-state index contributed by atoms with van der Waals surface area (Å²) in [6.45, 7) is 5.47. The molecule has 0 aromatic carbocycles. The highest BCUT2D eigenvalue weighted by atomic mass is 32.2. The van der Waals surface area contributed by atoms with Crippen LogP contribution >= 0.6 is 11.3 Å². The third-order valence-corrected chi connectivity index (χ3v) is 5.98. The van der Waals surface area contributed by atoms with Gasteiger partial charge >= 0.3 is 0 Å². The van der Waals surface area contributed by atoms with Crippen LogP contribution in [-0.2, 0) is 17.1 Å². The number of anilines is 1. The molecule has 0 saturated carbocycles. The predicted molar refractivity (Wildman–Crippen MR) is 80.1 cm³/mol. The lowest BCUT2D eigenvalue weighted by atomic mass is 10.3. The van der Waals surface area contributed by atoms with Crippen LogP contribution in [0.25, 0.3) is 0 Å². The van der Waals surface area contributed by atoms with Crippen molar-refractivity contribution >= 4 is 27.2 Å². The van der Waals surface area contributed by atoms with Gasteiger partial charge in [0.25, 0.3) is 0 Å². The van der Waals surface area contributed by atoms with E-state index in [0.717, 1.165) is 9.75 Å². The lowest BCUT2D eigenvalue weighted by Gasteiger charge is -2.12. The molecule has 0 aliphatic rings. The number of hydrogen-bond acceptors (Lipinski definition) is 5. The van der Waals surface area contributed by atoms with Gasteiger partial charge in [-0.3, -0.25) is 4.68 Å². The maximum absolute atomic E-state index is 12.4. The highest BCUT2D eigenvalue weighted by molar-refractivity contribution is 7.89. The first-order valence-electron chi connectivity index (χ1n) is 6.10. The van der Waals surface area contributed by atoms with E-state index < -0.39 is 10.0 Å². The summed E-state index contributed by atoms with van der Waals surface area (Å²) in [6, 6.07) is 3.58. The first-order chi connectivity index (χ1) is 9.22. The Morgan fingerprint density at radius 3 is 2.50 bits per heavy atom. The van der Waals surface area contributed by atoms with Crippen LogP contribution < -0.4 is 10.5 Å². The van der Waals surface area contributed by atoms with Crippen molar-refractivity contribution in [3.63, 3.8) is 0 Å². The van der Waals surface area contributed by atoms with Crippen molar-refractivity contribution < 1.29 is 8.42 Å². The number of nitrogens with two attached hydrogens (primary N) is 1. The molecule has 0 radical (unpaired) electrons. The Morgan fingerprint density at radius 2 is 2.05 bits per heavy atom. The molecular formula is C12H18N4O2S2. The van der Waals surface area contributed by atoms with Crippen LogP contribution in [-0.4, -0.2) is 18.2 Å². The average Bonchev–Trinajstić information content (AvgIpc) is 2.84. The maximum atomic E-state index is 12.4. The van der Waals surface area contributed by atoms with Gasteiger partial charge in [0.2, 0.25) is 10.0 Å². The number of sulfonamides is 1. The van der Waals surface area contributed by atoms with Crippen LogP contribution in [0.5, 0.6) is 0 Å². The van der Waals surface area contributed by atoms with Crippen LogP contribution in [0.2, 0.25) is 0 Å². The third-order valence-electron chi connectivity index (χ3n) is 3.09. The Labute approximate surface area is 122 Å².